The van der Waals surface area contributed by atoms with Crippen molar-refractivity contribution in [3.8, 4) is 5.75 Å². The first-order valence-corrected chi connectivity index (χ1v) is 12.0. The fourth-order valence-corrected chi connectivity index (χ4v) is 4.62. The van der Waals surface area contributed by atoms with Crippen molar-refractivity contribution in [1.29, 1.82) is 0 Å². The summed E-state index contributed by atoms with van der Waals surface area (Å²) in [6.07, 6.45) is -0.123. The van der Waals surface area contributed by atoms with Crippen molar-refractivity contribution in [2.75, 3.05) is 12.3 Å². The maximum Gasteiger partial charge on any atom is 0.415 e. The summed E-state index contributed by atoms with van der Waals surface area (Å²) >= 11 is 3.36. The maximum atomic E-state index is 13.7. The zero-order valence-electron chi connectivity index (χ0n) is 18.8. The second-order valence-corrected chi connectivity index (χ2v) is 9.20. The van der Waals surface area contributed by atoms with Gasteiger partial charge in [0.05, 0.1) is 18.3 Å². The van der Waals surface area contributed by atoms with E-state index in [1.54, 1.807) is 28.8 Å². The fourth-order valence-electron chi connectivity index (χ4n) is 4.36. The minimum absolute atomic E-state index is 0.106. The van der Waals surface area contributed by atoms with E-state index >= 15 is 0 Å². The molecule has 2 heterocycles. The number of carbonyl (C=O) groups is 1. The number of anilines is 1. The Hall–Kier alpha value is -3.91. The summed E-state index contributed by atoms with van der Waals surface area (Å²) in [6, 6.07) is 26.1. The minimum atomic E-state index is -0.492. The second-order valence-electron chi connectivity index (χ2n) is 8.29. The van der Waals surface area contributed by atoms with Gasteiger partial charge in [-0.05, 0) is 41.8 Å². The molecule has 1 aromatic heterocycles. The third kappa shape index (κ3) is 4.70. The summed E-state index contributed by atoms with van der Waals surface area (Å²) in [5, 5.41) is 0. The molecule has 1 aliphatic heterocycles. The second kappa shape index (κ2) is 9.76. The van der Waals surface area contributed by atoms with Crippen LogP contribution in [0.15, 0.2) is 94.2 Å². The van der Waals surface area contributed by atoms with Crippen LogP contribution in [-0.2, 0) is 13.0 Å². The molecule has 35 heavy (non-hydrogen) atoms. The topological polar surface area (TPSA) is 90.5 Å². The number of nitrogens with two attached hydrogens (primary N) is 1. The average Bonchev–Trinajstić information content (AvgIpc) is 2.88. The Morgan fingerprint density at radius 1 is 0.943 bits per heavy atom. The van der Waals surface area contributed by atoms with Gasteiger partial charge in [0.2, 0.25) is 5.95 Å². The van der Waals surface area contributed by atoms with Crippen LogP contribution < -0.4 is 16.0 Å². The lowest BCUT2D eigenvalue weighted by Crippen LogP contribution is -2.43. The zero-order chi connectivity index (χ0) is 24.4. The van der Waals surface area contributed by atoms with E-state index in [0.29, 0.717) is 30.0 Å². The lowest BCUT2D eigenvalue weighted by Gasteiger charge is -2.29. The summed E-state index contributed by atoms with van der Waals surface area (Å²) < 4.78 is 7.93. The van der Waals surface area contributed by atoms with Gasteiger partial charge in [-0.3, -0.25) is 9.36 Å². The molecule has 0 bridgehead atoms. The number of hydrogen-bond acceptors (Lipinski definition) is 5. The summed E-state index contributed by atoms with van der Waals surface area (Å²) in [4.78, 5) is 32.6. The lowest BCUT2D eigenvalue weighted by molar-refractivity contribution is 0.145. The third-order valence-corrected chi connectivity index (χ3v) is 6.59. The smallest absolute Gasteiger partial charge is 0.410 e. The number of halogens is 1. The molecule has 1 amide bonds. The molecule has 0 saturated carbocycles. The summed E-state index contributed by atoms with van der Waals surface area (Å²) in [6.45, 7) is 0.511. The Bertz CT molecular complexity index is 1370. The van der Waals surface area contributed by atoms with Gasteiger partial charge in [0.15, 0.2) is 0 Å². The van der Waals surface area contributed by atoms with Crippen LogP contribution in [0.2, 0.25) is 0 Å². The molecule has 0 saturated heterocycles. The SMILES string of the molecule is Nc1nc2c(c(=O)n1C(c1ccccc1)c1ccccc1)CCN(C(=O)Oc1ccc(Br)cc1)C2. The number of nitrogen functional groups attached to an aromatic ring is 1. The Kier molecular flexibility index (Phi) is 6.37. The largest absolute Gasteiger partial charge is 0.415 e. The number of ether oxygens (including phenoxy) is 1. The molecule has 176 valence electrons. The highest BCUT2D eigenvalue weighted by molar-refractivity contribution is 9.10. The Labute approximate surface area is 210 Å². The monoisotopic (exact) mass is 530 g/mol. The quantitative estimate of drug-likeness (QED) is 0.409. The molecule has 0 unspecified atom stereocenters. The Morgan fingerprint density at radius 2 is 1.54 bits per heavy atom. The predicted octanol–water partition coefficient (Wildman–Crippen LogP) is 4.78. The van der Waals surface area contributed by atoms with E-state index in [9.17, 15) is 9.59 Å². The number of fused-ring (bicyclic) bond motifs is 1. The Balaban J connectivity index is 1.48. The van der Waals surface area contributed by atoms with Crippen LogP contribution >= 0.6 is 15.9 Å². The molecule has 0 aliphatic carbocycles. The van der Waals surface area contributed by atoms with Gasteiger partial charge in [-0.2, -0.15) is 0 Å². The van der Waals surface area contributed by atoms with Gasteiger partial charge in [-0.15, -0.1) is 0 Å². The number of hydrogen-bond donors (Lipinski definition) is 1. The van der Waals surface area contributed by atoms with E-state index in [1.807, 2.05) is 60.7 Å². The number of amides is 1. The van der Waals surface area contributed by atoms with Crippen LogP contribution in [-0.4, -0.2) is 27.1 Å². The maximum absolute atomic E-state index is 13.7. The van der Waals surface area contributed by atoms with Crippen molar-refractivity contribution < 1.29 is 9.53 Å². The van der Waals surface area contributed by atoms with Gasteiger partial charge in [0.25, 0.3) is 5.56 Å². The van der Waals surface area contributed by atoms with E-state index in [0.717, 1.165) is 15.6 Å². The van der Waals surface area contributed by atoms with Crippen molar-refractivity contribution in [3.63, 3.8) is 0 Å². The molecule has 2 N–H and O–H groups in total. The first-order valence-electron chi connectivity index (χ1n) is 11.2. The average molecular weight is 531 g/mol. The standard InChI is InChI=1S/C27H23BrN4O3/c28-20-11-13-21(14-12-20)35-27(34)31-16-15-22-23(17-31)30-26(29)32(25(22)33)24(18-7-3-1-4-8-18)19-9-5-2-6-10-19/h1-14,24H,15-17H2,(H2,29,30). The number of aromatic nitrogens is 2. The molecule has 4 aromatic rings. The van der Waals surface area contributed by atoms with E-state index in [4.69, 9.17) is 10.5 Å². The molecule has 1 aliphatic rings. The van der Waals surface area contributed by atoms with Crippen molar-refractivity contribution in [2.24, 2.45) is 0 Å². The zero-order valence-corrected chi connectivity index (χ0v) is 20.4. The third-order valence-electron chi connectivity index (χ3n) is 6.06. The van der Waals surface area contributed by atoms with Crippen LogP contribution in [0.3, 0.4) is 0 Å². The number of nitrogens with zero attached hydrogens (tertiary/aromatic N) is 3. The van der Waals surface area contributed by atoms with E-state index in [2.05, 4.69) is 20.9 Å². The van der Waals surface area contributed by atoms with Gasteiger partial charge in [-0.1, -0.05) is 76.6 Å². The first-order chi connectivity index (χ1) is 17.0. The Morgan fingerprint density at radius 3 is 2.14 bits per heavy atom. The molecule has 0 fully saturated rings. The molecule has 7 nitrogen and oxygen atoms in total. The van der Waals surface area contributed by atoms with E-state index < -0.39 is 12.1 Å². The molecule has 3 aromatic carbocycles. The van der Waals surface area contributed by atoms with Crippen LogP contribution in [0, 0.1) is 0 Å². The lowest BCUT2D eigenvalue weighted by atomic mass is 9.97. The highest BCUT2D eigenvalue weighted by Gasteiger charge is 2.29. The summed E-state index contributed by atoms with van der Waals surface area (Å²) in [7, 11) is 0. The van der Waals surface area contributed by atoms with Gasteiger partial charge in [0, 0.05) is 16.6 Å². The molecule has 8 heteroatoms. The number of carbonyl (C=O) groups excluding carboxylic acids is 1. The summed E-state index contributed by atoms with van der Waals surface area (Å²) in [5.74, 6) is 0.551. The molecule has 0 radical (unpaired) electrons. The van der Waals surface area contributed by atoms with Crippen molar-refractivity contribution in [3.05, 3.63) is 122 Å². The predicted molar refractivity (Wildman–Crippen MR) is 137 cm³/mol. The summed E-state index contributed by atoms with van der Waals surface area (Å²) in [5.41, 5.74) is 9.15. The first kappa shape index (κ1) is 22.9. The number of rotatable bonds is 4. The van der Waals surface area contributed by atoms with E-state index in [-0.39, 0.29) is 18.1 Å². The van der Waals surface area contributed by atoms with E-state index in [1.165, 1.54) is 4.90 Å². The van der Waals surface area contributed by atoms with Crippen LogP contribution in [0.25, 0.3) is 0 Å². The van der Waals surface area contributed by atoms with Crippen LogP contribution in [0.5, 0.6) is 5.75 Å². The van der Waals surface area contributed by atoms with Crippen LogP contribution in [0.1, 0.15) is 28.4 Å². The van der Waals surface area contributed by atoms with Gasteiger partial charge >= 0.3 is 6.09 Å². The van der Waals surface area contributed by atoms with Crippen molar-refractivity contribution >= 4 is 28.0 Å². The van der Waals surface area contributed by atoms with Gasteiger partial charge in [0.1, 0.15) is 5.75 Å². The highest BCUT2D eigenvalue weighted by Crippen LogP contribution is 2.28. The normalized spacial score (nSPS) is 12.9. The van der Waals surface area contributed by atoms with Crippen molar-refractivity contribution in [1.82, 2.24) is 14.5 Å². The number of benzene rings is 3. The van der Waals surface area contributed by atoms with Crippen molar-refractivity contribution in [2.45, 2.75) is 19.0 Å². The van der Waals surface area contributed by atoms with Crippen LogP contribution in [0.4, 0.5) is 10.7 Å². The highest BCUT2D eigenvalue weighted by atomic mass is 79.9. The molecule has 0 spiro atoms. The molecule has 5 rings (SSSR count). The molecular weight excluding hydrogens is 508 g/mol. The van der Waals surface area contributed by atoms with Gasteiger partial charge < -0.3 is 15.4 Å². The molecular formula is C27H23BrN4O3. The fraction of sp³-hybridized carbons (Fsp3) is 0.148. The minimum Gasteiger partial charge on any atom is -0.410 e. The molecule has 0 atom stereocenters. The van der Waals surface area contributed by atoms with Gasteiger partial charge in [-0.25, -0.2) is 9.78 Å².